The van der Waals surface area contributed by atoms with Gasteiger partial charge in [0.05, 0.1) is 6.61 Å². The Hall–Kier alpha value is -1.88. The molecule has 25 heavy (non-hydrogen) atoms. The lowest BCUT2D eigenvalue weighted by atomic mass is 9.89. The molecule has 2 aromatic rings. The van der Waals surface area contributed by atoms with Gasteiger partial charge in [-0.1, -0.05) is 42.5 Å². The molecule has 2 aromatic carbocycles. The van der Waals surface area contributed by atoms with Crippen molar-refractivity contribution >= 4 is 0 Å². The zero-order valence-electron chi connectivity index (χ0n) is 14.9. The smallest absolute Gasteiger partial charge is 0.119 e. The maximum atomic E-state index is 9.90. The number of hydrogen-bond acceptors (Lipinski definition) is 4. The largest absolute Gasteiger partial charge is 0.489 e. The first kappa shape index (κ1) is 17.9. The van der Waals surface area contributed by atoms with Gasteiger partial charge >= 0.3 is 0 Å². The predicted octanol–water partition coefficient (Wildman–Crippen LogP) is 3.24. The molecule has 1 saturated heterocycles. The van der Waals surface area contributed by atoms with E-state index in [4.69, 9.17) is 9.47 Å². The Bertz CT molecular complexity index is 636. The summed E-state index contributed by atoms with van der Waals surface area (Å²) in [5, 5.41) is 9.90. The molecule has 0 aliphatic carbocycles. The minimum Gasteiger partial charge on any atom is -0.489 e. The molecule has 0 spiro atoms. The van der Waals surface area contributed by atoms with Crippen molar-refractivity contribution < 1.29 is 14.6 Å². The lowest BCUT2D eigenvalue weighted by Crippen LogP contribution is -2.52. The third-order valence-electron chi connectivity index (χ3n) is 5.12. The van der Waals surface area contributed by atoms with E-state index in [9.17, 15) is 5.11 Å². The van der Waals surface area contributed by atoms with Crippen LogP contribution in [0.1, 0.15) is 24.0 Å². The van der Waals surface area contributed by atoms with Gasteiger partial charge in [-0.2, -0.15) is 0 Å². The normalized spacial score (nSPS) is 16.8. The Morgan fingerprint density at radius 3 is 2.32 bits per heavy atom. The number of aliphatic hydroxyl groups excluding tert-OH is 1. The van der Waals surface area contributed by atoms with Gasteiger partial charge in [0, 0.05) is 25.3 Å². The van der Waals surface area contributed by atoms with Gasteiger partial charge in [-0.05, 0) is 43.1 Å². The predicted molar refractivity (Wildman–Crippen MR) is 98.6 cm³/mol. The molecule has 4 nitrogen and oxygen atoms in total. The zero-order chi connectivity index (χ0) is 17.5. The Balaban J connectivity index is 1.56. The topological polar surface area (TPSA) is 41.9 Å². The molecular formula is C21H27NO3. The third-order valence-corrected chi connectivity index (χ3v) is 5.12. The quantitative estimate of drug-likeness (QED) is 0.839. The van der Waals surface area contributed by atoms with Crippen molar-refractivity contribution in [2.75, 3.05) is 26.9 Å². The summed E-state index contributed by atoms with van der Waals surface area (Å²) >= 11 is 0. The summed E-state index contributed by atoms with van der Waals surface area (Å²) in [6.07, 6.45) is 1.75. The highest BCUT2D eigenvalue weighted by Gasteiger charge is 2.35. The van der Waals surface area contributed by atoms with E-state index in [1.54, 1.807) is 0 Å². The standard InChI is InChI=1S/C21H27NO3/c1-22(21(17-23)11-13-24-14-12-21)15-18-7-9-20(10-8-18)25-16-19-5-3-2-4-6-19/h2-10,23H,11-17H2,1H3. The van der Waals surface area contributed by atoms with Crippen LogP contribution in [0.25, 0.3) is 0 Å². The Kier molecular flexibility index (Phi) is 6.08. The van der Waals surface area contributed by atoms with E-state index in [0.29, 0.717) is 6.61 Å². The van der Waals surface area contributed by atoms with Crippen molar-refractivity contribution in [1.82, 2.24) is 4.90 Å². The van der Waals surface area contributed by atoms with Crippen molar-refractivity contribution in [3.05, 3.63) is 65.7 Å². The number of rotatable bonds is 7. The van der Waals surface area contributed by atoms with E-state index in [1.165, 1.54) is 5.56 Å². The Morgan fingerprint density at radius 1 is 1.00 bits per heavy atom. The Morgan fingerprint density at radius 2 is 1.68 bits per heavy atom. The van der Waals surface area contributed by atoms with Gasteiger partial charge in [-0.3, -0.25) is 4.90 Å². The molecule has 1 aliphatic heterocycles. The average Bonchev–Trinajstić information content (AvgIpc) is 2.68. The molecule has 0 amide bonds. The molecule has 0 unspecified atom stereocenters. The summed E-state index contributed by atoms with van der Waals surface area (Å²) in [4.78, 5) is 2.26. The number of ether oxygens (including phenoxy) is 2. The summed E-state index contributed by atoms with van der Waals surface area (Å²) in [6, 6.07) is 18.4. The van der Waals surface area contributed by atoms with Crippen molar-refractivity contribution in [3.63, 3.8) is 0 Å². The fourth-order valence-electron chi connectivity index (χ4n) is 3.29. The van der Waals surface area contributed by atoms with Crippen LogP contribution in [0.15, 0.2) is 54.6 Å². The van der Waals surface area contributed by atoms with Gasteiger partial charge in [0.2, 0.25) is 0 Å². The second-order valence-electron chi connectivity index (χ2n) is 6.77. The number of aliphatic hydroxyl groups is 1. The van der Waals surface area contributed by atoms with Crippen LogP contribution in [0.3, 0.4) is 0 Å². The SMILES string of the molecule is CN(Cc1ccc(OCc2ccccc2)cc1)C1(CO)CCOCC1. The average molecular weight is 341 g/mol. The number of nitrogens with zero attached hydrogens (tertiary/aromatic N) is 1. The molecule has 1 fully saturated rings. The Labute approximate surface area is 150 Å². The zero-order valence-corrected chi connectivity index (χ0v) is 14.9. The molecule has 0 saturated carbocycles. The van der Waals surface area contributed by atoms with Crippen molar-refractivity contribution in [2.45, 2.75) is 31.5 Å². The molecule has 0 radical (unpaired) electrons. The first-order valence-corrected chi connectivity index (χ1v) is 8.87. The van der Waals surface area contributed by atoms with Gasteiger partial charge in [0.15, 0.2) is 0 Å². The second kappa shape index (κ2) is 8.48. The van der Waals surface area contributed by atoms with Gasteiger partial charge in [0.25, 0.3) is 0 Å². The molecule has 1 heterocycles. The molecule has 134 valence electrons. The molecule has 3 rings (SSSR count). The monoisotopic (exact) mass is 341 g/mol. The van der Waals surface area contributed by atoms with E-state index in [2.05, 4.69) is 36.2 Å². The minimum atomic E-state index is -0.166. The maximum absolute atomic E-state index is 9.90. The van der Waals surface area contributed by atoms with E-state index in [0.717, 1.165) is 43.9 Å². The van der Waals surface area contributed by atoms with Gasteiger partial charge in [-0.25, -0.2) is 0 Å². The fraction of sp³-hybridized carbons (Fsp3) is 0.429. The summed E-state index contributed by atoms with van der Waals surface area (Å²) in [6.45, 7) is 2.99. The highest BCUT2D eigenvalue weighted by Crippen LogP contribution is 2.28. The fourth-order valence-corrected chi connectivity index (χ4v) is 3.29. The summed E-state index contributed by atoms with van der Waals surface area (Å²) in [5.74, 6) is 0.873. The van der Waals surface area contributed by atoms with E-state index >= 15 is 0 Å². The van der Waals surface area contributed by atoms with Crippen molar-refractivity contribution in [1.29, 1.82) is 0 Å². The van der Waals surface area contributed by atoms with E-state index in [-0.39, 0.29) is 12.1 Å². The molecule has 1 aliphatic rings. The lowest BCUT2D eigenvalue weighted by molar-refractivity contribution is -0.0493. The van der Waals surface area contributed by atoms with Crippen LogP contribution in [-0.2, 0) is 17.9 Å². The third kappa shape index (κ3) is 4.60. The highest BCUT2D eigenvalue weighted by molar-refractivity contribution is 5.28. The first-order valence-electron chi connectivity index (χ1n) is 8.87. The van der Waals surface area contributed by atoms with Crippen LogP contribution < -0.4 is 4.74 Å². The van der Waals surface area contributed by atoms with Crippen LogP contribution in [0.2, 0.25) is 0 Å². The molecule has 1 N–H and O–H groups in total. The van der Waals surface area contributed by atoms with Gasteiger partial charge in [0.1, 0.15) is 12.4 Å². The summed E-state index contributed by atoms with van der Waals surface area (Å²) < 4.78 is 11.3. The van der Waals surface area contributed by atoms with Crippen LogP contribution >= 0.6 is 0 Å². The van der Waals surface area contributed by atoms with Crippen LogP contribution in [-0.4, -0.2) is 42.4 Å². The van der Waals surface area contributed by atoms with E-state index < -0.39 is 0 Å². The van der Waals surface area contributed by atoms with Crippen LogP contribution in [0, 0.1) is 0 Å². The summed E-state index contributed by atoms with van der Waals surface area (Å²) in [5.41, 5.74) is 2.21. The lowest BCUT2D eigenvalue weighted by Gasteiger charge is -2.43. The number of benzene rings is 2. The van der Waals surface area contributed by atoms with Gasteiger partial charge in [-0.15, -0.1) is 0 Å². The van der Waals surface area contributed by atoms with Crippen LogP contribution in [0.5, 0.6) is 5.75 Å². The van der Waals surface area contributed by atoms with Crippen LogP contribution in [0.4, 0.5) is 0 Å². The summed E-state index contributed by atoms with van der Waals surface area (Å²) in [7, 11) is 2.08. The number of hydrogen-bond donors (Lipinski definition) is 1. The van der Waals surface area contributed by atoms with E-state index in [1.807, 2.05) is 30.3 Å². The molecule has 0 aromatic heterocycles. The molecule has 0 bridgehead atoms. The second-order valence-corrected chi connectivity index (χ2v) is 6.77. The van der Waals surface area contributed by atoms with Gasteiger partial charge < -0.3 is 14.6 Å². The van der Waals surface area contributed by atoms with Crippen molar-refractivity contribution in [3.8, 4) is 5.75 Å². The molecule has 4 heteroatoms. The first-order chi connectivity index (χ1) is 12.2. The molecule has 0 atom stereocenters. The minimum absolute atomic E-state index is 0.166. The molecular weight excluding hydrogens is 314 g/mol. The maximum Gasteiger partial charge on any atom is 0.119 e. The highest BCUT2D eigenvalue weighted by atomic mass is 16.5. The van der Waals surface area contributed by atoms with Crippen molar-refractivity contribution in [2.24, 2.45) is 0 Å². The number of likely N-dealkylation sites (N-methyl/N-ethyl adjacent to an activating group) is 1.